The number of aromatic carboxylic acids is 1. The molecular weight excluding hydrogens is 483 g/mol. The zero-order valence-corrected chi connectivity index (χ0v) is 19.4. The summed E-state index contributed by atoms with van der Waals surface area (Å²) >= 11 is 0. The van der Waals surface area contributed by atoms with E-state index in [9.17, 15) is 31.5 Å². The van der Waals surface area contributed by atoms with Gasteiger partial charge in [0.15, 0.2) is 0 Å². The van der Waals surface area contributed by atoms with Crippen molar-refractivity contribution < 1.29 is 36.2 Å². The van der Waals surface area contributed by atoms with E-state index in [1.807, 2.05) is 0 Å². The zero-order chi connectivity index (χ0) is 25.5. The van der Waals surface area contributed by atoms with E-state index in [4.69, 9.17) is 0 Å². The number of hydrogen-bond donors (Lipinski definition) is 2. The van der Waals surface area contributed by atoms with Crippen LogP contribution < -0.4 is 9.46 Å². The first-order chi connectivity index (χ1) is 16.5. The van der Waals surface area contributed by atoms with Crippen molar-refractivity contribution in [3.8, 4) is 5.75 Å². The molecule has 0 fully saturated rings. The second-order valence-electron chi connectivity index (χ2n) is 7.80. The lowest BCUT2D eigenvalue weighted by Gasteiger charge is -2.14. The Morgan fingerprint density at radius 1 is 0.829 bits per heavy atom. The largest absolute Gasteiger partial charge is 0.573 e. The topological polar surface area (TPSA) is 92.7 Å². The molecule has 0 aliphatic heterocycles. The Morgan fingerprint density at radius 2 is 1.40 bits per heavy atom. The second kappa shape index (κ2) is 11.3. The molecular formula is C25H24F3NO5S. The molecule has 0 aliphatic carbocycles. The Hall–Kier alpha value is -3.53. The fourth-order valence-corrected chi connectivity index (χ4v) is 4.72. The molecule has 35 heavy (non-hydrogen) atoms. The van der Waals surface area contributed by atoms with Crippen LogP contribution in [-0.4, -0.2) is 25.9 Å². The van der Waals surface area contributed by atoms with Crippen LogP contribution in [0.15, 0.2) is 77.7 Å². The van der Waals surface area contributed by atoms with E-state index in [2.05, 4.69) is 9.46 Å². The monoisotopic (exact) mass is 507 g/mol. The molecule has 0 aromatic heterocycles. The number of halogens is 3. The van der Waals surface area contributed by atoms with Crippen LogP contribution in [0.1, 0.15) is 40.7 Å². The molecule has 0 spiro atoms. The maximum Gasteiger partial charge on any atom is 0.573 e. The Morgan fingerprint density at radius 3 is 2.03 bits per heavy atom. The van der Waals surface area contributed by atoms with Crippen LogP contribution in [0.3, 0.4) is 0 Å². The Balaban J connectivity index is 1.58. The molecule has 0 saturated carbocycles. The van der Waals surface area contributed by atoms with Crippen LogP contribution in [-0.2, 0) is 22.9 Å². The van der Waals surface area contributed by atoms with Gasteiger partial charge in [-0.25, -0.2) is 13.2 Å². The molecule has 0 heterocycles. The van der Waals surface area contributed by atoms with Gasteiger partial charge in [-0.15, -0.1) is 13.2 Å². The molecule has 186 valence electrons. The highest BCUT2D eigenvalue weighted by Gasteiger charge is 2.31. The van der Waals surface area contributed by atoms with E-state index in [-0.39, 0.29) is 4.90 Å². The average molecular weight is 508 g/mol. The van der Waals surface area contributed by atoms with E-state index in [0.717, 1.165) is 54.7 Å². The van der Waals surface area contributed by atoms with Crippen molar-refractivity contribution in [2.75, 3.05) is 4.72 Å². The Kier molecular flexibility index (Phi) is 8.39. The summed E-state index contributed by atoms with van der Waals surface area (Å²) < 4.78 is 68.7. The van der Waals surface area contributed by atoms with Crippen molar-refractivity contribution in [1.29, 1.82) is 0 Å². The van der Waals surface area contributed by atoms with E-state index in [0.29, 0.717) is 24.1 Å². The van der Waals surface area contributed by atoms with Gasteiger partial charge in [0.05, 0.1) is 16.1 Å². The Bertz CT molecular complexity index is 1260. The van der Waals surface area contributed by atoms with Crippen molar-refractivity contribution in [3.05, 3.63) is 89.5 Å². The summed E-state index contributed by atoms with van der Waals surface area (Å²) in [5.41, 5.74) is 2.24. The van der Waals surface area contributed by atoms with Crippen molar-refractivity contribution in [3.63, 3.8) is 0 Å². The molecule has 0 amide bonds. The quantitative estimate of drug-likeness (QED) is 0.309. The predicted molar refractivity (Wildman–Crippen MR) is 125 cm³/mol. The van der Waals surface area contributed by atoms with Crippen LogP contribution in [0.2, 0.25) is 0 Å². The first-order valence-corrected chi connectivity index (χ1v) is 12.3. The zero-order valence-electron chi connectivity index (χ0n) is 18.6. The minimum atomic E-state index is -4.86. The van der Waals surface area contributed by atoms with Crippen LogP contribution in [0.5, 0.6) is 5.75 Å². The summed E-state index contributed by atoms with van der Waals surface area (Å²) in [7, 11) is -4.02. The number of anilines is 1. The van der Waals surface area contributed by atoms with Crippen molar-refractivity contribution in [2.24, 2.45) is 0 Å². The molecule has 3 aromatic carbocycles. The van der Waals surface area contributed by atoms with Gasteiger partial charge in [-0.1, -0.05) is 42.8 Å². The van der Waals surface area contributed by atoms with Crippen LogP contribution in [0, 0.1) is 0 Å². The summed E-state index contributed by atoms with van der Waals surface area (Å²) in [6, 6.07) is 17.7. The molecule has 0 atom stereocenters. The number of alkyl halides is 3. The number of unbranched alkanes of at least 4 members (excludes halogenated alkanes) is 2. The molecule has 0 aliphatic rings. The van der Waals surface area contributed by atoms with Crippen molar-refractivity contribution in [1.82, 2.24) is 0 Å². The molecule has 0 saturated heterocycles. The summed E-state index contributed by atoms with van der Waals surface area (Å²) in [6.45, 7) is 0. The van der Waals surface area contributed by atoms with Gasteiger partial charge in [0, 0.05) is 0 Å². The number of rotatable bonds is 11. The van der Waals surface area contributed by atoms with Gasteiger partial charge in [0.1, 0.15) is 5.75 Å². The SMILES string of the molecule is O=C(O)c1ccccc1CCCCCc1ccccc1NS(=O)(=O)c1ccc(OC(F)(F)F)cc1. The van der Waals surface area contributed by atoms with Crippen molar-refractivity contribution in [2.45, 2.75) is 43.4 Å². The molecule has 6 nitrogen and oxygen atoms in total. The van der Waals surface area contributed by atoms with Gasteiger partial charge in [-0.05, 0) is 73.2 Å². The van der Waals surface area contributed by atoms with Crippen LogP contribution in [0.25, 0.3) is 0 Å². The molecule has 2 N–H and O–H groups in total. The number of para-hydroxylation sites is 1. The maximum atomic E-state index is 12.7. The van der Waals surface area contributed by atoms with Gasteiger partial charge in [-0.3, -0.25) is 4.72 Å². The summed E-state index contributed by atoms with van der Waals surface area (Å²) in [6.07, 6.45) is -1.28. The molecule has 0 radical (unpaired) electrons. The molecule has 10 heteroatoms. The minimum absolute atomic E-state index is 0.195. The number of carboxylic acid groups (broad SMARTS) is 1. The standard InChI is InChI=1S/C25H24F3NO5S/c26-25(27,28)34-20-14-16-21(17-15-20)35(32,33)29-23-13-7-5-11-19(23)10-3-1-2-8-18-9-4-6-12-22(18)24(30)31/h4-7,9,11-17,29H,1-3,8,10H2,(H,30,31). The molecule has 0 unspecified atom stereocenters. The van der Waals surface area contributed by atoms with E-state index >= 15 is 0 Å². The minimum Gasteiger partial charge on any atom is -0.478 e. The molecule has 3 aromatic rings. The highest BCUT2D eigenvalue weighted by molar-refractivity contribution is 7.92. The number of aryl methyl sites for hydroxylation is 2. The normalized spacial score (nSPS) is 11.7. The lowest BCUT2D eigenvalue weighted by Crippen LogP contribution is -2.17. The summed E-state index contributed by atoms with van der Waals surface area (Å²) in [5, 5.41) is 9.27. The van der Waals surface area contributed by atoms with Crippen molar-refractivity contribution >= 4 is 21.7 Å². The number of ether oxygens (including phenoxy) is 1. The van der Waals surface area contributed by atoms with Gasteiger partial charge in [0.2, 0.25) is 0 Å². The van der Waals surface area contributed by atoms with E-state index < -0.39 is 28.1 Å². The number of nitrogens with one attached hydrogen (secondary N) is 1. The van der Waals surface area contributed by atoms with Crippen LogP contribution >= 0.6 is 0 Å². The lowest BCUT2D eigenvalue weighted by molar-refractivity contribution is -0.274. The lowest BCUT2D eigenvalue weighted by atomic mass is 9.99. The molecule has 3 rings (SSSR count). The first kappa shape index (κ1) is 26.1. The fraction of sp³-hybridized carbons (Fsp3) is 0.240. The third kappa shape index (κ3) is 7.74. The van der Waals surface area contributed by atoms with Gasteiger partial charge in [-0.2, -0.15) is 0 Å². The van der Waals surface area contributed by atoms with Gasteiger partial charge < -0.3 is 9.84 Å². The predicted octanol–water partition coefficient (Wildman–Crippen LogP) is 6.04. The van der Waals surface area contributed by atoms with E-state index in [1.165, 1.54) is 0 Å². The number of carbonyl (C=O) groups is 1. The highest BCUT2D eigenvalue weighted by atomic mass is 32.2. The number of carboxylic acids is 1. The van der Waals surface area contributed by atoms with Gasteiger partial charge >= 0.3 is 12.3 Å². The maximum absolute atomic E-state index is 12.7. The number of benzene rings is 3. The second-order valence-corrected chi connectivity index (χ2v) is 9.49. The number of hydrogen-bond acceptors (Lipinski definition) is 4. The summed E-state index contributed by atoms with van der Waals surface area (Å²) in [4.78, 5) is 11.1. The highest BCUT2D eigenvalue weighted by Crippen LogP contribution is 2.26. The van der Waals surface area contributed by atoms with E-state index in [1.54, 1.807) is 48.5 Å². The van der Waals surface area contributed by atoms with Gasteiger partial charge in [0.25, 0.3) is 10.0 Å². The molecule has 0 bridgehead atoms. The fourth-order valence-electron chi connectivity index (χ4n) is 3.62. The average Bonchev–Trinajstić information content (AvgIpc) is 2.79. The number of sulfonamides is 1. The summed E-state index contributed by atoms with van der Waals surface area (Å²) in [5.74, 6) is -1.47. The van der Waals surface area contributed by atoms with Crippen LogP contribution in [0.4, 0.5) is 18.9 Å². The third-order valence-electron chi connectivity index (χ3n) is 5.27. The smallest absolute Gasteiger partial charge is 0.478 e. The Labute approximate surface area is 201 Å². The first-order valence-electron chi connectivity index (χ1n) is 10.8. The third-order valence-corrected chi connectivity index (χ3v) is 6.65.